The van der Waals surface area contributed by atoms with Crippen molar-refractivity contribution < 1.29 is 5.11 Å². The molecule has 30 heavy (non-hydrogen) atoms. The maximum absolute atomic E-state index is 10.3. The topological polar surface area (TPSA) is 20.2 Å². The highest BCUT2D eigenvalue weighted by Crippen LogP contribution is 2.66. The highest BCUT2D eigenvalue weighted by molar-refractivity contribution is 5.34. The average Bonchev–Trinajstić information content (AvgIpc) is 3.06. The number of allylic oxidation sites excluding steroid dienone is 2. The summed E-state index contributed by atoms with van der Waals surface area (Å²) in [5.74, 6) is 5.16. The maximum Gasteiger partial charge on any atom is 0.0543 e. The highest BCUT2D eigenvalue weighted by Gasteiger charge is 2.55. The van der Waals surface area contributed by atoms with Gasteiger partial charge in [-0.25, -0.2) is 0 Å². The first-order chi connectivity index (χ1) is 14.2. The lowest BCUT2D eigenvalue weighted by Crippen LogP contribution is -2.45. The smallest absolute Gasteiger partial charge is 0.0543 e. The summed E-state index contributed by atoms with van der Waals surface area (Å²) in [6.07, 6.45) is 15.9. The van der Waals surface area contributed by atoms with Gasteiger partial charge < -0.3 is 5.11 Å². The molecule has 1 N–H and O–H groups in total. The Morgan fingerprint density at radius 3 is 2.43 bits per heavy atom. The Labute approximate surface area is 187 Å². The molecule has 4 unspecified atom stereocenters. The fraction of sp³-hybridized carbons (Fsp3) is 0.931. The van der Waals surface area contributed by atoms with E-state index in [4.69, 9.17) is 0 Å². The molecule has 0 spiro atoms. The van der Waals surface area contributed by atoms with Crippen molar-refractivity contribution in [1.82, 2.24) is 0 Å². The molecule has 8 atom stereocenters. The van der Waals surface area contributed by atoms with Crippen molar-refractivity contribution in [3.8, 4) is 0 Å². The van der Waals surface area contributed by atoms with Crippen LogP contribution in [0.25, 0.3) is 0 Å². The van der Waals surface area contributed by atoms with Gasteiger partial charge in [-0.05, 0) is 111 Å². The van der Waals surface area contributed by atoms with Crippen LogP contribution < -0.4 is 0 Å². The van der Waals surface area contributed by atoms with Crippen LogP contribution in [0.2, 0.25) is 0 Å². The highest BCUT2D eigenvalue weighted by atomic mass is 16.3. The molecule has 2 saturated carbocycles. The number of hydrogen-bond acceptors (Lipinski definition) is 1. The van der Waals surface area contributed by atoms with E-state index in [-0.39, 0.29) is 6.10 Å². The Morgan fingerprint density at radius 1 is 0.967 bits per heavy atom. The maximum atomic E-state index is 10.3. The minimum absolute atomic E-state index is 0.0337. The number of rotatable bonds is 6. The predicted octanol–water partition coefficient (Wildman–Crippen LogP) is 8.17. The van der Waals surface area contributed by atoms with E-state index >= 15 is 0 Å². The number of aliphatic hydroxyl groups is 1. The van der Waals surface area contributed by atoms with Gasteiger partial charge in [0.15, 0.2) is 0 Å². The van der Waals surface area contributed by atoms with Crippen LogP contribution in [0.15, 0.2) is 11.1 Å². The number of hydrogen-bond donors (Lipinski definition) is 1. The number of fused-ring (bicyclic) bond motifs is 4. The second-order valence-corrected chi connectivity index (χ2v) is 12.8. The van der Waals surface area contributed by atoms with Gasteiger partial charge in [-0.3, -0.25) is 0 Å². The summed E-state index contributed by atoms with van der Waals surface area (Å²) < 4.78 is 0. The third kappa shape index (κ3) is 3.74. The zero-order chi connectivity index (χ0) is 21.7. The summed E-state index contributed by atoms with van der Waals surface area (Å²) in [4.78, 5) is 0. The van der Waals surface area contributed by atoms with E-state index in [2.05, 4.69) is 41.5 Å². The molecule has 2 fully saturated rings. The lowest BCUT2D eigenvalue weighted by atomic mass is 9.50. The summed E-state index contributed by atoms with van der Waals surface area (Å²) in [5.41, 5.74) is 4.76. The molecule has 0 aromatic rings. The minimum Gasteiger partial charge on any atom is -0.393 e. The van der Waals surface area contributed by atoms with E-state index in [9.17, 15) is 5.11 Å². The lowest BCUT2D eigenvalue weighted by Gasteiger charge is -2.55. The Kier molecular flexibility index (Phi) is 6.53. The Bertz CT molecular complexity index is 647. The molecule has 0 bridgehead atoms. The summed E-state index contributed by atoms with van der Waals surface area (Å²) in [6, 6.07) is 0. The van der Waals surface area contributed by atoms with E-state index in [1.165, 1.54) is 64.2 Å². The fourth-order valence-corrected chi connectivity index (χ4v) is 9.10. The van der Waals surface area contributed by atoms with Gasteiger partial charge in [0, 0.05) is 0 Å². The summed E-state index contributed by atoms with van der Waals surface area (Å²) in [7, 11) is 0. The van der Waals surface area contributed by atoms with Crippen molar-refractivity contribution in [2.45, 2.75) is 125 Å². The van der Waals surface area contributed by atoms with E-state index in [1.807, 2.05) is 11.1 Å². The van der Waals surface area contributed by atoms with Crippen molar-refractivity contribution in [3.63, 3.8) is 0 Å². The van der Waals surface area contributed by atoms with Crippen LogP contribution in [-0.2, 0) is 0 Å². The van der Waals surface area contributed by atoms with Crippen LogP contribution in [0, 0.1) is 46.3 Å². The Hall–Kier alpha value is -0.300. The van der Waals surface area contributed by atoms with Crippen LogP contribution >= 0.6 is 0 Å². The third-order valence-electron chi connectivity index (χ3n) is 11.2. The lowest BCUT2D eigenvalue weighted by molar-refractivity contribution is 0.0131. The van der Waals surface area contributed by atoms with Gasteiger partial charge in [0.2, 0.25) is 0 Å². The molecular formula is C29H50O. The SMILES string of the molecule is CC[C@@H](CC[C@@H](C)C1CCC2C3=C(CCC21C)C1(C)CC[C@H](O)C[C@@H]1CC3)C(C)C. The largest absolute Gasteiger partial charge is 0.393 e. The van der Waals surface area contributed by atoms with Gasteiger partial charge in [0.1, 0.15) is 0 Å². The van der Waals surface area contributed by atoms with E-state index in [0.29, 0.717) is 10.8 Å². The zero-order valence-electron chi connectivity index (χ0n) is 21.0. The molecule has 0 heterocycles. The second-order valence-electron chi connectivity index (χ2n) is 12.8. The van der Waals surface area contributed by atoms with Crippen LogP contribution in [0.3, 0.4) is 0 Å². The first-order valence-electron chi connectivity index (χ1n) is 13.6. The first-order valence-corrected chi connectivity index (χ1v) is 13.6. The molecule has 0 saturated heterocycles. The normalized spacial score (nSPS) is 43.2. The molecule has 1 heteroatoms. The third-order valence-corrected chi connectivity index (χ3v) is 11.2. The number of aliphatic hydroxyl groups excluding tert-OH is 1. The first kappa shape index (κ1) is 22.9. The molecule has 4 aliphatic rings. The molecule has 172 valence electrons. The Balaban J connectivity index is 1.50. The quantitative estimate of drug-likeness (QED) is 0.434. The van der Waals surface area contributed by atoms with Crippen molar-refractivity contribution in [2.24, 2.45) is 46.3 Å². The molecule has 0 aromatic heterocycles. The van der Waals surface area contributed by atoms with Gasteiger partial charge >= 0.3 is 0 Å². The van der Waals surface area contributed by atoms with Gasteiger partial charge in [0.25, 0.3) is 0 Å². The molecule has 0 aliphatic heterocycles. The standard InChI is InChI=1S/C29H50O/c1-7-21(19(2)3)9-8-20(4)25-12-13-26-24-11-10-22-18-23(30)14-16-28(22,5)27(24)15-17-29(25,26)6/h19-23,25-26,30H,7-18H2,1-6H3/t20-,21+,22+,23+,25?,26?,28?,29?/m1/s1. The molecule has 0 amide bonds. The molecule has 4 rings (SSSR count). The van der Waals surface area contributed by atoms with Crippen molar-refractivity contribution in [1.29, 1.82) is 0 Å². The van der Waals surface area contributed by atoms with Crippen molar-refractivity contribution >= 4 is 0 Å². The predicted molar refractivity (Wildman–Crippen MR) is 128 cm³/mol. The second kappa shape index (κ2) is 8.57. The molecule has 1 nitrogen and oxygen atoms in total. The van der Waals surface area contributed by atoms with Gasteiger partial charge in [0.05, 0.1) is 6.10 Å². The van der Waals surface area contributed by atoms with Gasteiger partial charge in [-0.2, -0.15) is 0 Å². The van der Waals surface area contributed by atoms with Gasteiger partial charge in [-0.1, -0.05) is 65.5 Å². The monoisotopic (exact) mass is 414 g/mol. The molecule has 0 aromatic carbocycles. The van der Waals surface area contributed by atoms with Crippen LogP contribution in [0.4, 0.5) is 0 Å². The summed E-state index contributed by atoms with van der Waals surface area (Å²) >= 11 is 0. The van der Waals surface area contributed by atoms with Crippen LogP contribution in [-0.4, -0.2) is 11.2 Å². The van der Waals surface area contributed by atoms with E-state index in [1.54, 1.807) is 0 Å². The zero-order valence-corrected chi connectivity index (χ0v) is 21.0. The molecule has 0 radical (unpaired) electrons. The van der Waals surface area contributed by atoms with Crippen molar-refractivity contribution in [2.75, 3.05) is 0 Å². The Morgan fingerprint density at radius 2 is 1.73 bits per heavy atom. The molecule has 4 aliphatic carbocycles. The van der Waals surface area contributed by atoms with Crippen molar-refractivity contribution in [3.05, 3.63) is 11.1 Å². The van der Waals surface area contributed by atoms with E-state index < -0.39 is 0 Å². The van der Waals surface area contributed by atoms with Crippen LogP contribution in [0.5, 0.6) is 0 Å². The molecular weight excluding hydrogens is 364 g/mol. The summed E-state index contributed by atoms with van der Waals surface area (Å²) in [6.45, 7) is 15.1. The van der Waals surface area contributed by atoms with E-state index in [0.717, 1.165) is 48.3 Å². The summed E-state index contributed by atoms with van der Waals surface area (Å²) in [5, 5.41) is 10.3. The fourth-order valence-electron chi connectivity index (χ4n) is 9.10. The minimum atomic E-state index is -0.0337. The van der Waals surface area contributed by atoms with Gasteiger partial charge in [-0.15, -0.1) is 0 Å². The van der Waals surface area contributed by atoms with Crippen LogP contribution in [0.1, 0.15) is 119 Å². The average molecular weight is 415 g/mol.